The fourth-order valence-electron chi connectivity index (χ4n) is 4.77. The van der Waals surface area contributed by atoms with Crippen molar-refractivity contribution in [3.63, 3.8) is 0 Å². The van der Waals surface area contributed by atoms with E-state index in [2.05, 4.69) is 20.8 Å². The SMILES string of the molecule is CC1(C)CCC[C@]2(C)C[C@]3(CCC12)CO3. The summed E-state index contributed by atoms with van der Waals surface area (Å²) in [6, 6.07) is 0. The lowest BCUT2D eigenvalue weighted by molar-refractivity contribution is -0.0566. The lowest BCUT2D eigenvalue weighted by Crippen LogP contribution is -2.48. The van der Waals surface area contributed by atoms with E-state index < -0.39 is 0 Å². The van der Waals surface area contributed by atoms with Crippen molar-refractivity contribution >= 4 is 0 Å². The van der Waals surface area contributed by atoms with Crippen LogP contribution in [0.2, 0.25) is 0 Å². The van der Waals surface area contributed by atoms with Gasteiger partial charge in [0.2, 0.25) is 0 Å². The highest BCUT2D eigenvalue weighted by Crippen LogP contribution is 2.62. The van der Waals surface area contributed by atoms with Crippen LogP contribution in [0.1, 0.15) is 59.3 Å². The molecule has 1 heterocycles. The summed E-state index contributed by atoms with van der Waals surface area (Å²) >= 11 is 0. The summed E-state index contributed by atoms with van der Waals surface area (Å²) in [6.07, 6.45) is 8.37. The summed E-state index contributed by atoms with van der Waals surface area (Å²) in [5.41, 5.74) is 1.50. The van der Waals surface area contributed by atoms with Gasteiger partial charge in [-0.3, -0.25) is 0 Å². The van der Waals surface area contributed by atoms with E-state index in [1.165, 1.54) is 38.5 Å². The van der Waals surface area contributed by atoms with Gasteiger partial charge < -0.3 is 4.74 Å². The van der Waals surface area contributed by atoms with Crippen LogP contribution >= 0.6 is 0 Å². The van der Waals surface area contributed by atoms with Crippen LogP contribution in [-0.4, -0.2) is 12.2 Å². The first kappa shape index (κ1) is 10.1. The molecule has 1 heteroatoms. The van der Waals surface area contributed by atoms with Crippen molar-refractivity contribution < 1.29 is 4.74 Å². The summed E-state index contributed by atoms with van der Waals surface area (Å²) in [5, 5.41) is 0. The van der Waals surface area contributed by atoms with Gasteiger partial charge in [0.1, 0.15) is 0 Å². The highest BCUT2D eigenvalue weighted by atomic mass is 16.6. The number of ether oxygens (including phenoxy) is 1. The maximum atomic E-state index is 5.72. The molecule has 0 amide bonds. The summed E-state index contributed by atoms with van der Waals surface area (Å²) in [7, 11) is 0. The smallest absolute Gasteiger partial charge is 0.0922 e. The fourth-order valence-corrected chi connectivity index (χ4v) is 4.77. The lowest BCUT2D eigenvalue weighted by Gasteiger charge is -2.55. The first-order valence-electron chi connectivity index (χ1n) is 6.60. The van der Waals surface area contributed by atoms with Crippen LogP contribution in [0, 0.1) is 16.7 Å². The van der Waals surface area contributed by atoms with E-state index in [-0.39, 0.29) is 0 Å². The van der Waals surface area contributed by atoms with Crippen molar-refractivity contribution in [2.75, 3.05) is 6.61 Å². The molecule has 1 spiro atoms. The van der Waals surface area contributed by atoms with E-state index in [4.69, 9.17) is 4.74 Å². The Kier molecular flexibility index (Phi) is 1.89. The van der Waals surface area contributed by atoms with Crippen molar-refractivity contribution in [1.82, 2.24) is 0 Å². The molecule has 0 N–H and O–H groups in total. The third kappa shape index (κ3) is 1.46. The van der Waals surface area contributed by atoms with E-state index in [1.54, 1.807) is 0 Å². The molecule has 3 rings (SSSR count). The van der Waals surface area contributed by atoms with Crippen LogP contribution in [0.25, 0.3) is 0 Å². The van der Waals surface area contributed by atoms with Gasteiger partial charge in [0.15, 0.2) is 0 Å². The first-order chi connectivity index (χ1) is 6.96. The highest BCUT2D eigenvalue weighted by Gasteiger charge is 2.58. The van der Waals surface area contributed by atoms with Gasteiger partial charge in [-0.05, 0) is 48.9 Å². The Labute approximate surface area is 93.6 Å². The Morgan fingerprint density at radius 3 is 2.47 bits per heavy atom. The number of hydrogen-bond acceptors (Lipinski definition) is 1. The molecule has 0 radical (unpaired) electrons. The monoisotopic (exact) mass is 208 g/mol. The molecule has 0 bridgehead atoms. The molecule has 1 saturated heterocycles. The molecule has 0 aromatic rings. The predicted molar refractivity (Wildman–Crippen MR) is 61.8 cm³/mol. The zero-order valence-corrected chi connectivity index (χ0v) is 10.4. The van der Waals surface area contributed by atoms with Crippen LogP contribution in [0.15, 0.2) is 0 Å². The Hall–Kier alpha value is -0.0400. The molecule has 2 saturated carbocycles. The molecule has 3 fully saturated rings. The van der Waals surface area contributed by atoms with Gasteiger partial charge in [-0.15, -0.1) is 0 Å². The van der Waals surface area contributed by atoms with Crippen molar-refractivity contribution in [3.8, 4) is 0 Å². The van der Waals surface area contributed by atoms with Crippen molar-refractivity contribution in [2.24, 2.45) is 16.7 Å². The molecule has 1 nitrogen and oxygen atoms in total. The van der Waals surface area contributed by atoms with Gasteiger partial charge >= 0.3 is 0 Å². The van der Waals surface area contributed by atoms with Crippen LogP contribution in [0.4, 0.5) is 0 Å². The molecular weight excluding hydrogens is 184 g/mol. The molecule has 1 aliphatic heterocycles. The maximum absolute atomic E-state index is 5.72. The van der Waals surface area contributed by atoms with E-state index in [0.717, 1.165) is 12.5 Å². The fraction of sp³-hybridized carbons (Fsp3) is 1.00. The summed E-state index contributed by atoms with van der Waals surface area (Å²) in [5.74, 6) is 0.938. The Balaban J connectivity index is 1.87. The molecule has 3 atom stereocenters. The molecule has 1 unspecified atom stereocenters. The molecule has 15 heavy (non-hydrogen) atoms. The minimum absolute atomic E-state index is 0.346. The van der Waals surface area contributed by atoms with E-state index >= 15 is 0 Å². The molecule has 3 aliphatic rings. The normalized spacial score (nSPS) is 52.6. The van der Waals surface area contributed by atoms with Crippen molar-refractivity contribution in [1.29, 1.82) is 0 Å². The zero-order chi connectivity index (χ0) is 10.7. The molecule has 0 aromatic carbocycles. The number of rotatable bonds is 0. The third-order valence-corrected chi connectivity index (χ3v) is 5.52. The molecule has 0 aromatic heterocycles. The Morgan fingerprint density at radius 2 is 1.80 bits per heavy atom. The second kappa shape index (κ2) is 2.80. The number of fused-ring (bicyclic) bond motifs is 1. The number of epoxide rings is 1. The lowest BCUT2D eigenvalue weighted by atomic mass is 9.50. The standard InChI is InChI=1S/C14H24O/c1-12(2)6-4-7-13(3)9-14(10-15-14)8-5-11(12)13/h11H,4-10H2,1-3H3/t11?,13-,14-/m1/s1. The predicted octanol–water partition coefficient (Wildman–Crippen LogP) is 3.77. The van der Waals surface area contributed by atoms with Gasteiger partial charge in [-0.1, -0.05) is 27.2 Å². The van der Waals surface area contributed by atoms with Gasteiger partial charge in [-0.25, -0.2) is 0 Å². The van der Waals surface area contributed by atoms with Crippen LogP contribution in [-0.2, 0) is 4.74 Å². The van der Waals surface area contributed by atoms with Crippen LogP contribution < -0.4 is 0 Å². The van der Waals surface area contributed by atoms with E-state index in [1.807, 2.05) is 0 Å². The minimum Gasteiger partial charge on any atom is -0.370 e. The van der Waals surface area contributed by atoms with Crippen molar-refractivity contribution in [3.05, 3.63) is 0 Å². The minimum atomic E-state index is 0.346. The molecule has 2 aliphatic carbocycles. The summed E-state index contributed by atoms with van der Waals surface area (Å²) in [4.78, 5) is 0. The van der Waals surface area contributed by atoms with Gasteiger partial charge in [-0.2, -0.15) is 0 Å². The van der Waals surface area contributed by atoms with Gasteiger partial charge in [0.05, 0.1) is 12.2 Å². The summed E-state index contributed by atoms with van der Waals surface area (Å²) in [6.45, 7) is 8.55. The topological polar surface area (TPSA) is 12.5 Å². The first-order valence-corrected chi connectivity index (χ1v) is 6.60. The quantitative estimate of drug-likeness (QED) is 0.552. The zero-order valence-electron chi connectivity index (χ0n) is 10.4. The van der Waals surface area contributed by atoms with E-state index in [9.17, 15) is 0 Å². The molecular formula is C14H24O. The van der Waals surface area contributed by atoms with Gasteiger partial charge in [0.25, 0.3) is 0 Å². The number of hydrogen-bond donors (Lipinski definition) is 0. The van der Waals surface area contributed by atoms with Crippen LogP contribution in [0.3, 0.4) is 0 Å². The van der Waals surface area contributed by atoms with Gasteiger partial charge in [0, 0.05) is 0 Å². The van der Waals surface area contributed by atoms with Crippen LogP contribution in [0.5, 0.6) is 0 Å². The summed E-state index contributed by atoms with van der Waals surface area (Å²) < 4.78 is 5.72. The largest absolute Gasteiger partial charge is 0.370 e. The third-order valence-electron chi connectivity index (χ3n) is 5.52. The maximum Gasteiger partial charge on any atom is 0.0922 e. The highest BCUT2D eigenvalue weighted by molar-refractivity contribution is 5.08. The second-order valence-corrected chi connectivity index (χ2v) is 7.24. The second-order valence-electron chi connectivity index (χ2n) is 7.24. The Bertz CT molecular complexity index is 277. The average molecular weight is 208 g/mol. The Morgan fingerprint density at radius 1 is 1.07 bits per heavy atom. The average Bonchev–Trinajstić information content (AvgIpc) is 2.81. The molecule has 86 valence electrons. The van der Waals surface area contributed by atoms with E-state index in [0.29, 0.717) is 16.4 Å². The van der Waals surface area contributed by atoms with Crippen molar-refractivity contribution in [2.45, 2.75) is 64.9 Å².